The summed E-state index contributed by atoms with van der Waals surface area (Å²) in [7, 11) is 0. The van der Waals surface area contributed by atoms with E-state index in [1.807, 2.05) is 0 Å². The van der Waals surface area contributed by atoms with E-state index in [2.05, 4.69) is 10.6 Å². The van der Waals surface area contributed by atoms with E-state index in [4.69, 9.17) is 19.3 Å². The van der Waals surface area contributed by atoms with Crippen LogP contribution in [0.25, 0.3) is 0 Å². The molecule has 0 radical (unpaired) electrons. The molecular weight excluding hydrogens is 616 g/mol. The number of unbranched alkanes of at least 4 members (excludes halogenated alkanes) is 3. The number of rotatable bonds is 25. The lowest BCUT2D eigenvalue weighted by Crippen LogP contribution is -2.59. The van der Waals surface area contributed by atoms with Crippen LogP contribution in [0.1, 0.15) is 71.1 Å². The number of ketones is 1. The fourth-order valence-electron chi connectivity index (χ4n) is 4.62. The van der Waals surface area contributed by atoms with Crippen molar-refractivity contribution >= 4 is 17.6 Å². The molecule has 1 fully saturated rings. The van der Waals surface area contributed by atoms with Crippen molar-refractivity contribution in [2.24, 2.45) is 0 Å². The van der Waals surface area contributed by atoms with Crippen LogP contribution in [-0.4, -0.2) is 158 Å². The maximum atomic E-state index is 12.3. The summed E-state index contributed by atoms with van der Waals surface area (Å²) in [4.78, 5) is 36.4. The highest BCUT2D eigenvalue weighted by atomic mass is 16.7. The van der Waals surface area contributed by atoms with Crippen LogP contribution in [0.15, 0.2) is 0 Å². The number of carbonyl (C=O) groups is 3. The van der Waals surface area contributed by atoms with Gasteiger partial charge >= 0.3 is 0 Å². The predicted molar refractivity (Wildman–Crippen MR) is 159 cm³/mol. The van der Waals surface area contributed by atoms with Crippen LogP contribution in [0, 0.1) is 0 Å². The zero-order chi connectivity index (χ0) is 34.6. The first-order valence-electron chi connectivity index (χ1n) is 15.8. The van der Waals surface area contributed by atoms with Gasteiger partial charge in [-0.3, -0.25) is 14.4 Å². The minimum absolute atomic E-state index is 0.0356. The Morgan fingerprint density at radius 1 is 0.783 bits per heavy atom. The van der Waals surface area contributed by atoms with Crippen LogP contribution in [0.3, 0.4) is 0 Å². The number of Topliss-reactive ketones (excluding diaryl/α,β-unsaturated/α-hetero) is 1. The van der Waals surface area contributed by atoms with E-state index in [1.165, 1.54) is 6.92 Å². The van der Waals surface area contributed by atoms with Crippen molar-refractivity contribution in [2.75, 3.05) is 33.0 Å². The smallest absolute Gasteiger partial charge is 0.220 e. The number of aliphatic hydroxyl groups is 9. The molecule has 10 atom stereocenters. The van der Waals surface area contributed by atoms with Crippen molar-refractivity contribution in [3.8, 4) is 0 Å². The molecule has 0 aromatic heterocycles. The standard InChI is InChI=1S/C29H54N2O15/c1-17(34)18(31-22(37)10-4-6-14-44-28(43)26(41)23(38)19(35)11-13-32)8-2-5-12-30-21(36)9-3-7-15-45-29-27(42)25(40)24(39)20(16-33)46-29/h18-20,23-29,32-33,35,38-43H,2-16H2,1H3,(H,30,36)(H,31,37). The summed E-state index contributed by atoms with van der Waals surface area (Å²) in [6.07, 6.45) is -10.1. The van der Waals surface area contributed by atoms with Gasteiger partial charge in [0.15, 0.2) is 18.4 Å². The van der Waals surface area contributed by atoms with E-state index in [1.54, 1.807) is 0 Å². The lowest BCUT2D eigenvalue weighted by Gasteiger charge is -2.39. The second kappa shape index (κ2) is 23.5. The van der Waals surface area contributed by atoms with Gasteiger partial charge in [0, 0.05) is 39.2 Å². The molecular formula is C29H54N2O15. The van der Waals surface area contributed by atoms with E-state index < -0.39 is 74.6 Å². The lowest BCUT2D eigenvalue weighted by molar-refractivity contribution is -0.301. The minimum atomic E-state index is -1.78. The van der Waals surface area contributed by atoms with Crippen molar-refractivity contribution < 1.29 is 74.6 Å². The Bertz CT molecular complexity index is 866. The zero-order valence-electron chi connectivity index (χ0n) is 26.4. The molecule has 0 aromatic rings. The first kappa shape index (κ1) is 42.2. The number of aliphatic hydroxyl groups excluding tert-OH is 9. The molecule has 0 spiro atoms. The number of hydrogen-bond acceptors (Lipinski definition) is 15. The highest BCUT2D eigenvalue weighted by Gasteiger charge is 2.43. The van der Waals surface area contributed by atoms with Crippen LogP contribution in [0.4, 0.5) is 0 Å². The van der Waals surface area contributed by atoms with Crippen molar-refractivity contribution in [2.45, 2.75) is 132 Å². The first-order valence-corrected chi connectivity index (χ1v) is 15.8. The Hall–Kier alpha value is -1.87. The Morgan fingerprint density at radius 3 is 2.07 bits per heavy atom. The maximum absolute atomic E-state index is 12.3. The predicted octanol–water partition coefficient (Wildman–Crippen LogP) is -3.70. The normalized spacial score (nSPS) is 24.9. The highest BCUT2D eigenvalue weighted by molar-refractivity contribution is 5.87. The van der Waals surface area contributed by atoms with Gasteiger partial charge in [-0.15, -0.1) is 0 Å². The number of hydrogen-bond donors (Lipinski definition) is 11. The summed E-state index contributed by atoms with van der Waals surface area (Å²) in [6.45, 7) is 0.889. The van der Waals surface area contributed by atoms with E-state index >= 15 is 0 Å². The summed E-state index contributed by atoms with van der Waals surface area (Å²) in [5, 5.41) is 91.9. The molecule has 0 bridgehead atoms. The van der Waals surface area contributed by atoms with E-state index in [9.17, 15) is 55.2 Å². The summed E-state index contributed by atoms with van der Waals surface area (Å²) < 4.78 is 15.7. The molecule has 2 amide bonds. The van der Waals surface area contributed by atoms with Gasteiger partial charge in [-0.1, -0.05) is 0 Å². The summed E-state index contributed by atoms with van der Waals surface area (Å²) in [6, 6.07) is -0.674. The molecule has 10 unspecified atom stereocenters. The van der Waals surface area contributed by atoms with Crippen LogP contribution < -0.4 is 10.6 Å². The molecule has 270 valence electrons. The number of ether oxygens (including phenoxy) is 3. The quantitative estimate of drug-likeness (QED) is 0.0329. The van der Waals surface area contributed by atoms with Gasteiger partial charge in [0.1, 0.15) is 36.6 Å². The number of carbonyl (C=O) groups excluding carboxylic acids is 3. The van der Waals surface area contributed by atoms with Crippen molar-refractivity contribution in [3.05, 3.63) is 0 Å². The molecule has 0 aromatic carbocycles. The van der Waals surface area contributed by atoms with Crippen LogP contribution in [-0.2, 0) is 28.6 Å². The SMILES string of the molecule is CC(=O)C(CCCCNC(=O)CCCCOC1OC(CO)C(O)C(O)C1O)NC(=O)CCCCOC(O)C(O)C(O)C(O)CCO. The topological polar surface area (TPSA) is 285 Å². The van der Waals surface area contributed by atoms with Gasteiger partial charge in [0.05, 0.1) is 18.8 Å². The van der Waals surface area contributed by atoms with E-state index in [-0.39, 0.29) is 50.1 Å². The third-order valence-electron chi connectivity index (χ3n) is 7.54. The zero-order valence-corrected chi connectivity index (χ0v) is 26.4. The summed E-state index contributed by atoms with van der Waals surface area (Å²) >= 11 is 0. The monoisotopic (exact) mass is 670 g/mol. The molecule has 1 rings (SSSR count). The van der Waals surface area contributed by atoms with Crippen LogP contribution >= 0.6 is 0 Å². The molecule has 1 aliphatic heterocycles. The molecule has 17 heteroatoms. The molecule has 46 heavy (non-hydrogen) atoms. The Morgan fingerprint density at radius 2 is 1.43 bits per heavy atom. The van der Waals surface area contributed by atoms with Crippen molar-refractivity contribution in [3.63, 3.8) is 0 Å². The Balaban J connectivity index is 2.15. The molecule has 11 N–H and O–H groups in total. The molecule has 1 aliphatic rings. The second-order valence-electron chi connectivity index (χ2n) is 11.4. The van der Waals surface area contributed by atoms with Gasteiger partial charge in [0.2, 0.25) is 11.8 Å². The third-order valence-corrected chi connectivity index (χ3v) is 7.54. The van der Waals surface area contributed by atoms with Crippen molar-refractivity contribution in [1.29, 1.82) is 0 Å². The fraction of sp³-hybridized carbons (Fsp3) is 0.897. The van der Waals surface area contributed by atoms with Gasteiger partial charge in [0.25, 0.3) is 0 Å². The lowest BCUT2D eigenvalue weighted by atomic mass is 9.99. The first-order chi connectivity index (χ1) is 21.8. The van der Waals surface area contributed by atoms with Gasteiger partial charge in [-0.2, -0.15) is 0 Å². The average molecular weight is 671 g/mol. The summed E-state index contributed by atoms with van der Waals surface area (Å²) in [5.74, 6) is -0.719. The Kier molecular flexibility index (Phi) is 21.5. The van der Waals surface area contributed by atoms with Crippen molar-refractivity contribution in [1.82, 2.24) is 10.6 Å². The van der Waals surface area contributed by atoms with Gasteiger partial charge in [-0.05, 0) is 58.3 Å². The third kappa shape index (κ3) is 15.8. The van der Waals surface area contributed by atoms with Gasteiger partial charge in [-0.25, -0.2) is 0 Å². The van der Waals surface area contributed by atoms with E-state index in [0.717, 1.165) is 0 Å². The molecule has 1 heterocycles. The minimum Gasteiger partial charge on any atom is -0.396 e. The fourth-order valence-corrected chi connectivity index (χ4v) is 4.62. The molecule has 0 aliphatic carbocycles. The largest absolute Gasteiger partial charge is 0.396 e. The summed E-state index contributed by atoms with van der Waals surface area (Å²) in [5.41, 5.74) is 0. The second-order valence-corrected chi connectivity index (χ2v) is 11.4. The maximum Gasteiger partial charge on any atom is 0.220 e. The average Bonchev–Trinajstić information content (AvgIpc) is 3.02. The van der Waals surface area contributed by atoms with Crippen LogP contribution in [0.2, 0.25) is 0 Å². The highest BCUT2D eigenvalue weighted by Crippen LogP contribution is 2.22. The molecule has 0 saturated carbocycles. The molecule has 17 nitrogen and oxygen atoms in total. The number of amides is 2. The van der Waals surface area contributed by atoms with Gasteiger partial charge < -0.3 is 70.8 Å². The number of nitrogens with one attached hydrogen (secondary N) is 2. The van der Waals surface area contributed by atoms with Crippen LogP contribution in [0.5, 0.6) is 0 Å². The Labute approximate surface area is 268 Å². The van der Waals surface area contributed by atoms with E-state index in [0.29, 0.717) is 51.5 Å². The molecule has 1 saturated heterocycles.